The van der Waals surface area contributed by atoms with Crippen molar-refractivity contribution in [1.29, 1.82) is 0 Å². The lowest BCUT2D eigenvalue weighted by atomic mass is 10.0. The van der Waals surface area contributed by atoms with Gasteiger partial charge in [-0.1, -0.05) is 12.1 Å². The van der Waals surface area contributed by atoms with Crippen LogP contribution in [0.25, 0.3) is 10.8 Å². The number of fused-ring (bicyclic) bond motifs is 1. The first-order valence-corrected chi connectivity index (χ1v) is 20.8. The molecule has 1 atom stereocenters. The predicted molar refractivity (Wildman–Crippen MR) is 218 cm³/mol. The van der Waals surface area contributed by atoms with Gasteiger partial charge in [0.05, 0.1) is 29.5 Å². The Bertz CT molecular complexity index is 2940. The second-order valence-corrected chi connectivity index (χ2v) is 15.9. The number of carbonyl (C=O) groups excluding carboxylic acids is 1. The molecule has 322 valence electrons. The molecule has 5 aromatic carbocycles. The minimum atomic E-state index is -4.67. The van der Waals surface area contributed by atoms with Crippen molar-refractivity contribution in [3.05, 3.63) is 90.0 Å². The zero-order valence-electron chi connectivity index (χ0n) is 32.3. The molecule has 1 amide bonds. The maximum atomic E-state index is 13.3. The van der Waals surface area contributed by atoms with E-state index in [0.717, 1.165) is 29.3 Å². The van der Waals surface area contributed by atoms with Gasteiger partial charge in [0.2, 0.25) is 6.04 Å². The van der Waals surface area contributed by atoms with Gasteiger partial charge in [-0.15, -0.1) is 20.5 Å². The standard InChI is InChI=1S/C38H34N8O14S2/c1-20-3-10-27(33(17-20)62(56,57)58)40-42-29-18-32(60-16-14-48)30(19-31(29)59-15-13-47)43-41-28-12-8-24-21(2)26(11-9-25(24)36(28)49)39-44-34-35(38(51)52)45-46(37(34)50)22-4-6-23(7-5-22)61(53,54)55/h3-12,17-19,34,47-49H,13-16H2,1-2H3,(H,51,52)(H,53,54,55)(H,56,57,58). The Hall–Kier alpha value is -7.09. The number of phenols is 1. The third-order valence-corrected chi connectivity index (χ3v) is 10.6. The Morgan fingerprint density at radius 3 is 1.82 bits per heavy atom. The SMILES string of the molecule is Cc1ccc(N=Nc2cc(OCCO)c(N=Nc3ccc4c(C)c(N=NC5C(=O)N(c6ccc(S(=O)(=O)O)cc6)N=C5C(=O)O)ccc4c3O)cc2OCCO)c(S(=O)(=O)O)c1. The van der Waals surface area contributed by atoms with Crippen LogP contribution in [0, 0.1) is 13.8 Å². The Morgan fingerprint density at radius 2 is 1.26 bits per heavy atom. The summed E-state index contributed by atoms with van der Waals surface area (Å²) in [6.07, 6.45) is 0. The molecule has 1 aliphatic heterocycles. The van der Waals surface area contributed by atoms with Crippen molar-refractivity contribution in [2.75, 3.05) is 31.4 Å². The lowest BCUT2D eigenvalue weighted by Crippen LogP contribution is -2.33. The molecule has 62 heavy (non-hydrogen) atoms. The van der Waals surface area contributed by atoms with Crippen molar-refractivity contribution in [2.24, 2.45) is 35.8 Å². The van der Waals surface area contributed by atoms with E-state index in [4.69, 9.17) is 9.47 Å². The molecule has 0 saturated carbocycles. The Labute approximate surface area is 351 Å². The van der Waals surface area contributed by atoms with Gasteiger partial charge in [-0.25, -0.2) is 4.79 Å². The molecule has 1 heterocycles. The molecule has 0 spiro atoms. The number of ether oxygens (including phenoxy) is 2. The maximum Gasteiger partial charge on any atom is 0.355 e. The quantitative estimate of drug-likeness (QED) is 0.0477. The van der Waals surface area contributed by atoms with E-state index < -0.39 is 66.9 Å². The molecule has 1 unspecified atom stereocenters. The summed E-state index contributed by atoms with van der Waals surface area (Å²) in [4.78, 5) is 24.3. The number of hydrogen-bond donors (Lipinski definition) is 6. The number of azo groups is 3. The van der Waals surface area contributed by atoms with Crippen LogP contribution in [0.5, 0.6) is 17.2 Å². The molecule has 0 aliphatic carbocycles. The van der Waals surface area contributed by atoms with Gasteiger partial charge in [-0.3, -0.25) is 13.9 Å². The first-order chi connectivity index (χ1) is 29.4. The van der Waals surface area contributed by atoms with E-state index in [1.54, 1.807) is 26.0 Å². The van der Waals surface area contributed by atoms with E-state index in [1.165, 1.54) is 42.5 Å². The number of amides is 1. The van der Waals surface area contributed by atoms with Crippen LogP contribution < -0.4 is 14.5 Å². The molecule has 24 heteroatoms. The summed E-state index contributed by atoms with van der Waals surface area (Å²) in [5.41, 5.74) is 0.355. The highest BCUT2D eigenvalue weighted by atomic mass is 32.2. The maximum absolute atomic E-state index is 13.3. The monoisotopic (exact) mass is 890 g/mol. The number of nitrogens with zero attached hydrogens (tertiary/aromatic N) is 8. The van der Waals surface area contributed by atoms with Gasteiger partial charge < -0.3 is 29.9 Å². The highest BCUT2D eigenvalue weighted by Gasteiger charge is 2.41. The normalized spacial score (nSPS) is 14.7. The number of benzene rings is 5. The molecule has 0 bridgehead atoms. The van der Waals surface area contributed by atoms with Crippen LogP contribution in [0.1, 0.15) is 11.1 Å². The summed E-state index contributed by atoms with van der Waals surface area (Å²) in [6.45, 7) is 2.06. The number of phenolic OH excluding ortho intramolecular Hbond substituents is 1. The van der Waals surface area contributed by atoms with Crippen molar-refractivity contribution < 1.29 is 65.4 Å². The van der Waals surface area contributed by atoms with Crippen molar-refractivity contribution >= 4 is 82.7 Å². The number of carboxylic acid groups (broad SMARTS) is 1. The van der Waals surface area contributed by atoms with Crippen molar-refractivity contribution in [2.45, 2.75) is 29.7 Å². The number of hydrogen-bond acceptors (Lipinski definition) is 18. The Balaban J connectivity index is 1.29. The van der Waals surface area contributed by atoms with Gasteiger partial charge in [0.25, 0.3) is 26.1 Å². The van der Waals surface area contributed by atoms with E-state index in [0.29, 0.717) is 21.9 Å². The molecule has 22 nitrogen and oxygen atoms in total. The lowest BCUT2D eigenvalue weighted by Gasteiger charge is -2.13. The molecular weight excluding hydrogens is 857 g/mol. The summed E-state index contributed by atoms with van der Waals surface area (Å²) < 4.78 is 77.1. The van der Waals surface area contributed by atoms with Gasteiger partial charge in [0, 0.05) is 17.5 Å². The summed E-state index contributed by atoms with van der Waals surface area (Å²) in [5, 5.41) is 69.9. The van der Waals surface area contributed by atoms with Gasteiger partial charge in [0.15, 0.2) is 11.5 Å². The fourth-order valence-electron chi connectivity index (χ4n) is 5.84. The first-order valence-electron chi connectivity index (χ1n) is 17.9. The molecule has 0 aromatic heterocycles. The average Bonchev–Trinajstić information content (AvgIpc) is 3.56. The third-order valence-electron chi connectivity index (χ3n) is 8.84. The zero-order chi connectivity index (χ0) is 44.9. The van der Waals surface area contributed by atoms with E-state index in [-0.39, 0.29) is 64.6 Å². The number of anilines is 1. The average molecular weight is 891 g/mol. The molecule has 1 aliphatic rings. The molecular formula is C38H34N8O14S2. The van der Waals surface area contributed by atoms with Crippen LogP contribution in [0.4, 0.5) is 34.1 Å². The fourth-order valence-corrected chi connectivity index (χ4v) is 7.03. The van der Waals surface area contributed by atoms with Crippen LogP contribution in [0.15, 0.2) is 124 Å². The molecule has 0 saturated heterocycles. The fraction of sp³-hybridized carbons (Fsp3) is 0.184. The zero-order valence-corrected chi connectivity index (χ0v) is 33.9. The van der Waals surface area contributed by atoms with Crippen LogP contribution in [-0.2, 0) is 29.8 Å². The topological polar surface area (TPSA) is 332 Å². The number of carboxylic acids is 1. The number of aliphatic hydroxyl groups excluding tert-OH is 2. The van der Waals surface area contributed by atoms with Crippen LogP contribution in [0.3, 0.4) is 0 Å². The van der Waals surface area contributed by atoms with Gasteiger partial charge in [0.1, 0.15) is 52.4 Å². The minimum absolute atomic E-state index is 0.00300. The molecule has 0 radical (unpaired) electrons. The van der Waals surface area contributed by atoms with Gasteiger partial charge in [-0.2, -0.15) is 37.2 Å². The van der Waals surface area contributed by atoms with Gasteiger partial charge >= 0.3 is 5.97 Å². The largest absolute Gasteiger partial charge is 0.505 e. The Kier molecular flexibility index (Phi) is 13.1. The van der Waals surface area contributed by atoms with Crippen molar-refractivity contribution in [3.8, 4) is 17.2 Å². The number of rotatable bonds is 16. The van der Waals surface area contributed by atoms with E-state index in [2.05, 4.69) is 35.8 Å². The second kappa shape index (κ2) is 18.3. The van der Waals surface area contributed by atoms with Crippen LogP contribution >= 0.6 is 0 Å². The van der Waals surface area contributed by atoms with Crippen LogP contribution in [-0.4, -0.2) is 96.4 Å². The molecule has 6 N–H and O–H groups in total. The lowest BCUT2D eigenvalue weighted by molar-refractivity contribution is -0.130. The highest BCUT2D eigenvalue weighted by Crippen LogP contribution is 2.44. The van der Waals surface area contributed by atoms with Crippen LogP contribution in [0.2, 0.25) is 0 Å². The van der Waals surface area contributed by atoms with E-state index in [1.807, 2.05) is 0 Å². The number of aliphatic carboxylic acids is 1. The van der Waals surface area contributed by atoms with Crippen molar-refractivity contribution in [1.82, 2.24) is 0 Å². The molecule has 6 rings (SSSR count). The Morgan fingerprint density at radius 1 is 0.710 bits per heavy atom. The highest BCUT2D eigenvalue weighted by molar-refractivity contribution is 7.86. The minimum Gasteiger partial charge on any atom is -0.505 e. The second-order valence-electron chi connectivity index (χ2n) is 13.0. The number of aliphatic hydroxyl groups is 2. The van der Waals surface area contributed by atoms with Crippen molar-refractivity contribution in [3.63, 3.8) is 0 Å². The summed E-state index contributed by atoms with van der Waals surface area (Å²) >= 11 is 0. The number of aromatic hydroxyl groups is 1. The summed E-state index contributed by atoms with van der Waals surface area (Å²) in [7, 11) is -9.20. The van der Waals surface area contributed by atoms with E-state index in [9.17, 15) is 56.0 Å². The smallest absolute Gasteiger partial charge is 0.355 e. The first kappa shape index (κ1) is 44.5. The predicted octanol–water partition coefficient (Wildman–Crippen LogP) is 6.17. The third kappa shape index (κ3) is 9.75. The van der Waals surface area contributed by atoms with Gasteiger partial charge in [-0.05, 0) is 85.0 Å². The molecule has 0 fully saturated rings. The number of aryl methyl sites for hydroxylation is 2. The molecule has 5 aromatic rings. The summed E-state index contributed by atoms with van der Waals surface area (Å²) in [6, 6.07) is 15.4. The van der Waals surface area contributed by atoms with E-state index >= 15 is 0 Å². The summed E-state index contributed by atoms with van der Waals surface area (Å²) in [5.74, 6) is -2.76. The number of hydrazone groups is 1. The number of carbonyl (C=O) groups is 2.